The van der Waals surface area contributed by atoms with Crippen molar-refractivity contribution in [2.24, 2.45) is 5.73 Å². The highest BCUT2D eigenvalue weighted by Crippen LogP contribution is 2.21. The second kappa shape index (κ2) is 6.22. The van der Waals surface area contributed by atoms with Gasteiger partial charge in [0.15, 0.2) is 5.60 Å². The predicted molar refractivity (Wildman–Crippen MR) is 74.7 cm³/mol. The average Bonchev–Trinajstić information content (AvgIpc) is 2.46. The maximum atomic E-state index is 12.8. The van der Waals surface area contributed by atoms with E-state index in [2.05, 4.69) is 0 Å². The molecule has 0 aliphatic carbocycles. The third kappa shape index (κ3) is 3.78. The molecule has 5 nitrogen and oxygen atoms in total. The molecule has 0 bridgehead atoms. The number of primary amides is 1. The smallest absolute Gasteiger partial charge is 0.251 e. The zero-order chi connectivity index (χ0) is 15.5. The van der Waals surface area contributed by atoms with Crippen molar-refractivity contribution in [2.75, 3.05) is 13.1 Å². The summed E-state index contributed by atoms with van der Waals surface area (Å²) in [5, 5.41) is 10.1. The summed E-state index contributed by atoms with van der Waals surface area (Å²) < 4.78 is 12.8. The number of carbonyl (C=O) groups is 2. The first-order valence-electron chi connectivity index (χ1n) is 6.95. The molecule has 0 aromatic heterocycles. The summed E-state index contributed by atoms with van der Waals surface area (Å²) in [5.41, 5.74) is 4.43. The molecule has 0 unspecified atom stereocenters. The molecule has 1 aliphatic heterocycles. The number of aryl methyl sites for hydroxylation is 1. The molecular weight excluding hydrogens is 275 g/mol. The Hall–Kier alpha value is -1.95. The van der Waals surface area contributed by atoms with Crippen molar-refractivity contribution in [3.8, 4) is 0 Å². The topological polar surface area (TPSA) is 83.6 Å². The summed E-state index contributed by atoms with van der Waals surface area (Å²) in [6, 6.07) is 5.98. The molecule has 0 radical (unpaired) electrons. The zero-order valence-corrected chi connectivity index (χ0v) is 11.7. The number of hydrogen-bond acceptors (Lipinski definition) is 3. The van der Waals surface area contributed by atoms with Crippen molar-refractivity contribution in [2.45, 2.75) is 31.3 Å². The Kier molecular flexibility index (Phi) is 4.57. The van der Waals surface area contributed by atoms with E-state index >= 15 is 0 Å². The molecule has 2 rings (SSSR count). The normalized spacial score (nSPS) is 22.1. The van der Waals surface area contributed by atoms with Crippen LogP contribution in [0.25, 0.3) is 0 Å². The summed E-state index contributed by atoms with van der Waals surface area (Å²) in [4.78, 5) is 24.9. The number of benzene rings is 1. The minimum atomic E-state index is -1.62. The van der Waals surface area contributed by atoms with Gasteiger partial charge in [0.1, 0.15) is 5.82 Å². The number of aliphatic hydroxyl groups is 1. The molecule has 3 N–H and O–H groups in total. The van der Waals surface area contributed by atoms with Gasteiger partial charge in [-0.2, -0.15) is 0 Å². The van der Waals surface area contributed by atoms with E-state index in [1.54, 1.807) is 12.1 Å². The lowest BCUT2D eigenvalue weighted by atomic mass is 9.92. The van der Waals surface area contributed by atoms with Crippen LogP contribution in [-0.4, -0.2) is 40.5 Å². The first-order chi connectivity index (χ1) is 9.90. The molecule has 1 aromatic rings. The maximum Gasteiger partial charge on any atom is 0.251 e. The van der Waals surface area contributed by atoms with Crippen molar-refractivity contribution in [3.63, 3.8) is 0 Å². The zero-order valence-electron chi connectivity index (χ0n) is 11.7. The van der Waals surface area contributed by atoms with Crippen LogP contribution in [0.4, 0.5) is 4.39 Å². The Bertz CT molecular complexity index is 532. The number of rotatable bonds is 4. The van der Waals surface area contributed by atoms with E-state index in [9.17, 15) is 19.1 Å². The first kappa shape index (κ1) is 15.4. The van der Waals surface area contributed by atoms with Crippen LogP contribution in [0.5, 0.6) is 0 Å². The molecule has 114 valence electrons. The Morgan fingerprint density at radius 2 is 2.00 bits per heavy atom. The fraction of sp³-hybridized carbons (Fsp3) is 0.467. The molecule has 1 aliphatic rings. The van der Waals surface area contributed by atoms with Gasteiger partial charge >= 0.3 is 0 Å². The van der Waals surface area contributed by atoms with Gasteiger partial charge in [-0.05, 0) is 37.0 Å². The summed E-state index contributed by atoms with van der Waals surface area (Å²) >= 11 is 0. The number of likely N-dealkylation sites (tertiary alicyclic amines) is 1. The highest BCUT2D eigenvalue weighted by Gasteiger charge is 2.39. The quantitative estimate of drug-likeness (QED) is 0.853. The first-order valence-corrected chi connectivity index (χ1v) is 6.95. The van der Waals surface area contributed by atoms with Crippen LogP contribution in [0, 0.1) is 5.82 Å². The Morgan fingerprint density at radius 1 is 1.33 bits per heavy atom. The van der Waals surface area contributed by atoms with E-state index in [1.807, 2.05) is 0 Å². The highest BCUT2D eigenvalue weighted by molar-refractivity contribution is 5.85. The minimum Gasteiger partial charge on any atom is -0.378 e. The van der Waals surface area contributed by atoms with E-state index in [-0.39, 0.29) is 31.1 Å². The number of β-amino-alcohol motifs (C(OH)–C–C–N with tert-alkyl or cyclic N) is 1. The maximum absolute atomic E-state index is 12.8. The molecule has 0 spiro atoms. The van der Waals surface area contributed by atoms with Gasteiger partial charge in [0.25, 0.3) is 5.91 Å². The lowest BCUT2D eigenvalue weighted by Gasteiger charge is -2.37. The second-order valence-electron chi connectivity index (χ2n) is 5.44. The molecule has 2 amide bonds. The molecule has 1 aromatic carbocycles. The number of piperidine rings is 1. The second-order valence-corrected chi connectivity index (χ2v) is 5.44. The van der Waals surface area contributed by atoms with Crippen LogP contribution < -0.4 is 5.73 Å². The summed E-state index contributed by atoms with van der Waals surface area (Å²) in [5.74, 6) is -1.25. The van der Waals surface area contributed by atoms with Crippen molar-refractivity contribution < 1.29 is 19.1 Å². The molecule has 0 saturated carbocycles. The van der Waals surface area contributed by atoms with Crippen molar-refractivity contribution in [3.05, 3.63) is 35.6 Å². The fourth-order valence-corrected chi connectivity index (χ4v) is 2.51. The Balaban J connectivity index is 1.91. The number of nitrogens with zero attached hydrogens (tertiary/aromatic N) is 1. The van der Waals surface area contributed by atoms with E-state index < -0.39 is 11.5 Å². The van der Waals surface area contributed by atoms with Crippen LogP contribution in [0.15, 0.2) is 24.3 Å². The van der Waals surface area contributed by atoms with Gasteiger partial charge in [-0.15, -0.1) is 0 Å². The minimum absolute atomic E-state index is 0.0510. The van der Waals surface area contributed by atoms with Crippen LogP contribution in [-0.2, 0) is 16.0 Å². The van der Waals surface area contributed by atoms with Crippen LogP contribution >= 0.6 is 0 Å². The number of halogens is 1. The summed E-state index contributed by atoms with van der Waals surface area (Å²) in [6.07, 6.45) is 1.57. The van der Waals surface area contributed by atoms with E-state index in [0.717, 1.165) is 5.56 Å². The predicted octanol–water partition coefficient (Wildman–Crippen LogP) is 0.597. The Labute approximate surface area is 122 Å². The number of amides is 2. The van der Waals surface area contributed by atoms with Crippen LogP contribution in [0.1, 0.15) is 24.8 Å². The summed E-state index contributed by atoms with van der Waals surface area (Å²) in [6.45, 7) is 0.461. The third-order valence-electron chi connectivity index (χ3n) is 3.82. The Morgan fingerprint density at radius 3 is 2.62 bits per heavy atom. The van der Waals surface area contributed by atoms with Crippen molar-refractivity contribution >= 4 is 11.8 Å². The molecule has 1 fully saturated rings. The van der Waals surface area contributed by atoms with Gasteiger partial charge in [-0.1, -0.05) is 12.1 Å². The largest absolute Gasteiger partial charge is 0.378 e. The number of hydrogen-bond donors (Lipinski definition) is 2. The number of carbonyl (C=O) groups excluding carboxylic acids is 2. The fourth-order valence-electron chi connectivity index (χ4n) is 2.51. The van der Waals surface area contributed by atoms with Gasteiger partial charge in [-0.25, -0.2) is 4.39 Å². The van der Waals surface area contributed by atoms with Gasteiger partial charge in [0, 0.05) is 13.0 Å². The number of nitrogens with two attached hydrogens (primary N) is 1. The SMILES string of the molecule is NC(=O)[C@]1(O)CCCN(C(=O)CCc2ccc(F)cc2)C1. The molecule has 1 atom stereocenters. The van der Waals surface area contributed by atoms with Crippen LogP contribution in [0.2, 0.25) is 0 Å². The lowest BCUT2D eigenvalue weighted by molar-refractivity contribution is -0.148. The lowest BCUT2D eigenvalue weighted by Crippen LogP contribution is -2.57. The molecule has 21 heavy (non-hydrogen) atoms. The van der Waals surface area contributed by atoms with Gasteiger partial charge in [0.2, 0.25) is 5.91 Å². The van der Waals surface area contributed by atoms with E-state index in [4.69, 9.17) is 5.73 Å². The average molecular weight is 294 g/mol. The highest BCUT2D eigenvalue weighted by atomic mass is 19.1. The van der Waals surface area contributed by atoms with E-state index in [0.29, 0.717) is 19.4 Å². The molecule has 1 saturated heterocycles. The van der Waals surface area contributed by atoms with Crippen molar-refractivity contribution in [1.82, 2.24) is 4.90 Å². The van der Waals surface area contributed by atoms with Crippen molar-refractivity contribution in [1.29, 1.82) is 0 Å². The van der Waals surface area contributed by atoms with Gasteiger partial charge < -0.3 is 15.7 Å². The summed E-state index contributed by atoms with van der Waals surface area (Å²) in [7, 11) is 0. The van der Waals surface area contributed by atoms with Gasteiger partial charge in [-0.3, -0.25) is 9.59 Å². The van der Waals surface area contributed by atoms with Crippen LogP contribution in [0.3, 0.4) is 0 Å². The monoisotopic (exact) mass is 294 g/mol. The molecule has 6 heteroatoms. The molecular formula is C15H19FN2O3. The van der Waals surface area contributed by atoms with E-state index in [1.165, 1.54) is 17.0 Å². The van der Waals surface area contributed by atoms with Gasteiger partial charge in [0.05, 0.1) is 6.54 Å². The molecule has 1 heterocycles. The standard InChI is InChI=1S/C15H19FN2O3/c16-12-5-2-11(3-6-12)4-7-13(19)18-9-1-8-15(21,10-18)14(17)20/h2-3,5-6,21H,1,4,7-10H2,(H2,17,20)/t15-/m0/s1. The third-order valence-corrected chi connectivity index (χ3v) is 3.82.